The van der Waals surface area contributed by atoms with Crippen LogP contribution in [0.4, 0.5) is 5.69 Å². The second kappa shape index (κ2) is 6.06. The van der Waals surface area contributed by atoms with Gasteiger partial charge < -0.3 is 10.2 Å². The van der Waals surface area contributed by atoms with Crippen LogP contribution < -0.4 is 5.32 Å². The number of hydrogen-bond donors (Lipinski definition) is 1. The van der Waals surface area contributed by atoms with E-state index in [0.717, 1.165) is 31.5 Å². The molecule has 4 nitrogen and oxygen atoms in total. The van der Waals surface area contributed by atoms with Gasteiger partial charge in [0.05, 0.1) is 0 Å². The van der Waals surface area contributed by atoms with Crippen molar-refractivity contribution in [2.24, 2.45) is 0 Å². The molecule has 1 N–H and O–H groups in total. The Balaban J connectivity index is 1.89. The molecular weight excluding hydrogens is 264 g/mol. The van der Waals surface area contributed by atoms with Crippen LogP contribution in [0, 0.1) is 6.92 Å². The zero-order valence-electron chi connectivity index (χ0n) is 10.9. The first kappa shape index (κ1) is 13.9. The van der Waals surface area contributed by atoms with E-state index in [1.807, 2.05) is 13.0 Å². The fraction of sp³-hybridized carbons (Fsp3) is 0.429. The Bertz CT molecular complexity index is 496. The first-order valence-electron chi connectivity index (χ1n) is 6.40. The van der Waals surface area contributed by atoms with E-state index in [0.29, 0.717) is 10.7 Å². The van der Waals surface area contributed by atoms with Crippen LogP contribution in [0.25, 0.3) is 0 Å². The summed E-state index contributed by atoms with van der Waals surface area (Å²) >= 11 is 5.98. The van der Waals surface area contributed by atoms with Crippen LogP contribution in [0.15, 0.2) is 18.2 Å². The molecule has 0 unspecified atom stereocenters. The molecule has 1 fully saturated rings. The normalized spacial score (nSPS) is 14.5. The summed E-state index contributed by atoms with van der Waals surface area (Å²) in [5, 5.41) is 3.29. The molecule has 0 aliphatic carbocycles. The van der Waals surface area contributed by atoms with E-state index in [1.165, 1.54) is 0 Å². The third-order valence-corrected chi connectivity index (χ3v) is 3.63. The number of amides is 2. The van der Waals surface area contributed by atoms with Crippen molar-refractivity contribution in [1.82, 2.24) is 4.90 Å². The molecule has 1 aliphatic rings. The molecule has 0 spiro atoms. The fourth-order valence-electron chi connectivity index (χ4n) is 2.09. The molecule has 1 aromatic carbocycles. The van der Waals surface area contributed by atoms with Crippen molar-refractivity contribution in [3.05, 3.63) is 28.8 Å². The maximum absolute atomic E-state index is 11.8. The van der Waals surface area contributed by atoms with Crippen LogP contribution >= 0.6 is 11.6 Å². The first-order valence-corrected chi connectivity index (χ1v) is 6.78. The van der Waals surface area contributed by atoms with Crippen molar-refractivity contribution in [3.8, 4) is 0 Å². The fourth-order valence-corrected chi connectivity index (χ4v) is 2.27. The van der Waals surface area contributed by atoms with E-state index in [9.17, 15) is 9.59 Å². The van der Waals surface area contributed by atoms with Gasteiger partial charge in [-0.2, -0.15) is 0 Å². The van der Waals surface area contributed by atoms with E-state index >= 15 is 0 Å². The number of nitrogens with one attached hydrogen (secondary N) is 1. The van der Waals surface area contributed by atoms with Crippen LogP contribution in [-0.4, -0.2) is 29.8 Å². The number of carbonyl (C=O) groups excluding carboxylic acids is 2. The summed E-state index contributed by atoms with van der Waals surface area (Å²) in [4.78, 5) is 25.3. The average Bonchev–Trinajstić information content (AvgIpc) is 2.87. The maximum Gasteiger partial charge on any atom is 0.233 e. The summed E-state index contributed by atoms with van der Waals surface area (Å²) in [5.74, 6) is -0.398. The predicted molar refractivity (Wildman–Crippen MR) is 75.2 cm³/mol. The lowest BCUT2D eigenvalue weighted by Gasteiger charge is -2.14. The van der Waals surface area contributed by atoms with Gasteiger partial charge in [-0.05, 0) is 37.5 Å². The molecule has 2 amide bonds. The minimum atomic E-state index is -0.295. The number of nitrogens with zero attached hydrogens (tertiary/aromatic N) is 1. The second-order valence-corrected chi connectivity index (χ2v) is 5.18. The number of aryl methyl sites for hydroxylation is 1. The molecule has 1 aliphatic heterocycles. The first-order chi connectivity index (χ1) is 9.06. The molecular formula is C14H17ClN2O2. The van der Waals surface area contributed by atoms with Gasteiger partial charge in [-0.15, -0.1) is 0 Å². The van der Waals surface area contributed by atoms with Gasteiger partial charge in [0.1, 0.15) is 6.42 Å². The third kappa shape index (κ3) is 3.70. The highest BCUT2D eigenvalue weighted by Crippen LogP contribution is 2.20. The van der Waals surface area contributed by atoms with E-state index in [-0.39, 0.29) is 18.2 Å². The molecule has 5 heteroatoms. The molecule has 1 heterocycles. The van der Waals surface area contributed by atoms with Crippen molar-refractivity contribution in [2.45, 2.75) is 26.2 Å². The summed E-state index contributed by atoms with van der Waals surface area (Å²) in [7, 11) is 0. The Labute approximate surface area is 117 Å². The van der Waals surface area contributed by atoms with Gasteiger partial charge >= 0.3 is 0 Å². The van der Waals surface area contributed by atoms with E-state index in [4.69, 9.17) is 11.6 Å². The Morgan fingerprint density at radius 1 is 1.32 bits per heavy atom. The average molecular weight is 281 g/mol. The lowest BCUT2D eigenvalue weighted by molar-refractivity contribution is -0.133. The van der Waals surface area contributed by atoms with Crippen molar-refractivity contribution in [2.75, 3.05) is 18.4 Å². The molecule has 1 aromatic rings. The molecule has 0 bridgehead atoms. The number of carbonyl (C=O) groups is 2. The Morgan fingerprint density at radius 3 is 2.63 bits per heavy atom. The highest BCUT2D eigenvalue weighted by molar-refractivity contribution is 6.31. The molecule has 19 heavy (non-hydrogen) atoms. The van der Waals surface area contributed by atoms with Crippen LogP contribution in [0.3, 0.4) is 0 Å². The van der Waals surface area contributed by atoms with Crippen LogP contribution in [0.1, 0.15) is 24.8 Å². The molecule has 0 saturated carbocycles. The van der Waals surface area contributed by atoms with Crippen LogP contribution in [0.2, 0.25) is 5.02 Å². The SMILES string of the molecule is Cc1ccc(NC(=O)CC(=O)N2CCCC2)cc1Cl. The molecule has 0 atom stereocenters. The highest BCUT2D eigenvalue weighted by atomic mass is 35.5. The maximum atomic E-state index is 11.8. The Kier molecular flexibility index (Phi) is 4.43. The lowest BCUT2D eigenvalue weighted by Crippen LogP contribution is -2.31. The topological polar surface area (TPSA) is 49.4 Å². The molecule has 1 saturated heterocycles. The van der Waals surface area contributed by atoms with Crippen molar-refractivity contribution >= 4 is 29.1 Å². The van der Waals surface area contributed by atoms with Gasteiger partial charge in [-0.25, -0.2) is 0 Å². The number of anilines is 1. The quantitative estimate of drug-likeness (QED) is 0.865. The van der Waals surface area contributed by atoms with Crippen molar-refractivity contribution in [1.29, 1.82) is 0 Å². The Morgan fingerprint density at radius 2 is 2.00 bits per heavy atom. The van der Waals surface area contributed by atoms with Gasteiger partial charge in [-0.1, -0.05) is 17.7 Å². The number of rotatable bonds is 3. The summed E-state index contributed by atoms with van der Waals surface area (Å²) < 4.78 is 0. The summed E-state index contributed by atoms with van der Waals surface area (Å²) in [6.45, 7) is 3.43. The van der Waals surface area contributed by atoms with E-state index in [1.54, 1.807) is 17.0 Å². The minimum Gasteiger partial charge on any atom is -0.342 e. The number of likely N-dealkylation sites (tertiary alicyclic amines) is 1. The van der Waals surface area contributed by atoms with Crippen LogP contribution in [-0.2, 0) is 9.59 Å². The van der Waals surface area contributed by atoms with Gasteiger partial charge in [0.2, 0.25) is 11.8 Å². The summed E-state index contributed by atoms with van der Waals surface area (Å²) in [5.41, 5.74) is 1.57. The minimum absolute atomic E-state index is 0.104. The van der Waals surface area contributed by atoms with Crippen LogP contribution in [0.5, 0.6) is 0 Å². The Hall–Kier alpha value is -1.55. The summed E-state index contributed by atoms with van der Waals surface area (Å²) in [6, 6.07) is 5.30. The monoisotopic (exact) mass is 280 g/mol. The van der Waals surface area contributed by atoms with E-state index in [2.05, 4.69) is 5.32 Å². The largest absolute Gasteiger partial charge is 0.342 e. The third-order valence-electron chi connectivity index (χ3n) is 3.23. The van der Waals surface area contributed by atoms with E-state index < -0.39 is 0 Å². The van der Waals surface area contributed by atoms with Gasteiger partial charge in [0, 0.05) is 23.8 Å². The summed E-state index contributed by atoms with van der Waals surface area (Å²) in [6.07, 6.45) is 1.95. The lowest BCUT2D eigenvalue weighted by atomic mass is 10.2. The number of halogens is 1. The molecule has 2 rings (SSSR count). The molecule has 0 radical (unpaired) electrons. The van der Waals surface area contributed by atoms with Crippen molar-refractivity contribution in [3.63, 3.8) is 0 Å². The highest BCUT2D eigenvalue weighted by Gasteiger charge is 2.20. The zero-order chi connectivity index (χ0) is 13.8. The second-order valence-electron chi connectivity index (χ2n) is 4.78. The predicted octanol–water partition coefficient (Wildman–Crippen LogP) is 2.60. The number of benzene rings is 1. The van der Waals surface area contributed by atoms with Gasteiger partial charge in [0.25, 0.3) is 0 Å². The number of hydrogen-bond acceptors (Lipinski definition) is 2. The van der Waals surface area contributed by atoms with Gasteiger partial charge in [-0.3, -0.25) is 9.59 Å². The van der Waals surface area contributed by atoms with Gasteiger partial charge in [0.15, 0.2) is 0 Å². The van der Waals surface area contributed by atoms with Crippen molar-refractivity contribution < 1.29 is 9.59 Å². The molecule has 102 valence electrons. The zero-order valence-corrected chi connectivity index (χ0v) is 11.7. The standard InChI is InChI=1S/C14H17ClN2O2/c1-10-4-5-11(8-12(10)15)16-13(18)9-14(19)17-6-2-3-7-17/h4-5,8H,2-3,6-7,9H2,1H3,(H,16,18). The smallest absolute Gasteiger partial charge is 0.233 e. The molecule has 0 aromatic heterocycles.